The average Bonchev–Trinajstić information content (AvgIpc) is 2.51. The molecule has 0 heterocycles. The third-order valence-electron chi connectivity index (χ3n) is 3.06. The number of carbonyl (C=O) groups is 3. The lowest BCUT2D eigenvalue weighted by Crippen LogP contribution is -2.50. The molecule has 0 bridgehead atoms. The smallest absolute Gasteiger partial charge is 0.408 e. The van der Waals surface area contributed by atoms with Crippen LogP contribution in [-0.2, 0) is 25.7 Å². The lowest BCUT2D eigenvalue weighted by Gasteiger charge is -2.22. The monoisotopic (exact) mass is 350 g/mol. The third kappa shape index (κ3) is 8.19. The largest absolute Gasteiger partial charge is 0.459 e. The summed E-state index contributed by atoms with van der Waals surface area (Å²) < 4.78 is 10.2. The van der Waals surface area contributed by atoms with E-state index < -0.39 is 35.7 Å². The molecule has 1 aromatic rings. The van der Waals surface area contributed by atoms with Gasteiger partial charge in [-0.05, 0) is 40.2 Å². The Morgan fingerprint density at radius 3 is 2.16 bits per heavy atom. The van der Waals surface area contributed by atoms with Crippen LogP contribution in [0.2, 0.25) is 0 Å². The molecule has 2 N–H and O–H groups in total. The molecule has 1 rings (SSSR count). The standard InChI is InChI=1S/C18H26N2O5/c1-12(20-17(23)25-18(3,4)5)15(21)19-13(2)16(22)24-11-14-9-7-6-8-10-14/h6-10,12-13H,11H2,1-5H3,(H,19,21)(H,20,23)/t12-,13+/m0/s1. The SMILES string of the molecule is C[C@H](NC(=O)OC(C)(C)C)C(=O)N[C@H](C)C(=O)OCc1ccccc1. The van der Waals surface area contributed by atoms with E-state index in [1.54, 1.807) is 20.8 Å². The Hall–Kier alpha value is -2.57. The minimum Gasteiger partial charge on any atom is -0.459 e. The Kier molecular flexibility index (Phi) is 7.42. The van der Waals surface area contributed by atoms with Gasteiger partial charge in [0.15, 0.2) is 0 Å². The normalized spacial score (nSPS) is 13.3. The second-order valence-electron chi connectivity index (χ2n) is 6.69. The molecule has 2 atom stereocenters. The van der Waals surface area contributed by atoms with E-state index in [0.717, 1.165) is 5.56 Å². The molecule has 0 fully saturated rings. The maximum absolute atomic E-state index is 12.0. The van der Waals surface area contributed by atoms with Gasteiger partial charge in [-0.25, -0.2) is 9.59 Å². The Labute approximate surface area is 148 Å². The molecular weight excluding hydrogens is 324 g/mol. The van der Waals surface area contributed by atoms with Gasteiger partial charge in [0.2, 0.25) is 5.91 Å². The molecule has 0 aliphatic heterocycles. The summed E-state index contributed by atoms with van der Waals surface area (Å²) in [5, 5.41) is 4.91. The van der Waals surface area contributed by atoms with E-state index in [2.05, 4.69) is 10.6 Å². The molecule has 0 aliphatic rings. The van der Waals surface area contributed by atoms with Crippen LogP contribution in [0.15, 0.2) is 30.3 Å². The predicted octanol–water partition coefficient (Wildman–Crippen LogP) is 2.15. The van der Waals surface area contributed by atoms with Crippen LogP contribution >= 0.6 is 0 Å². The molecule has 0 unspecified atom stereocenters. The average molecular weight is 350 g/mol. The van der Waals surface area contributed by atoms with Gasteiger partial charge in [-0.2, -0.15) is 0 Å². The summed E-state index contributed by atoms with van der Waals surface area (Å²) in [4.78, 5) is 35.6. The quantitative estimate of drug-likeness (QED) is 0.767. The number of carbonyl (C=O) groups excluding carboxylic acids is 3. The Balaban J connectivity index is 2.41. The highest BCUT2D eigenvalue weighted by Gasteiger charge is 2.24. The predicted molar refractivity (Wildman–Crippen MR) is 92.7 cm³/mol. The van der Waals surface area contributed by atoms with Crippen LogP contribution in [-0.4, -0.2) is 35.7 Å². The lowest BCUT2D eigenvalue weighted by molar-refractivity contribution is -0.148. The van der Waals surface area contributed by atoms with Crippen LogP contribution in [0.1, 0.15) is 40.2 Å². The van der Waals surface area contributed by atoms with Gasteiger partial charge in [0.25, 0.3) is 0 Å². The van der Waals surface area contributed by atoms with Gasteiger partial charge < -0.3 is 20.1 Å². The van der Waals surface area contributed by atoms with Crippen molar-refractivity contribution in [2.24, 2.45) is 0 Å². The Morgan fingerprint density at radius 1 is 1.00 bits per heavy atom. The number of benzene rings is 1. The second-order valence-corrected chi connectivity index (χ2v) is 6.69. The van der Waals surface area contributed by atoms with E-state index in [4.69, 9.17) is 9.47 Å². The van der Waals surface area contributed by atoms with Gasteiger partial charge in [0, 0.05) is 0 Å². The highest BCUT2D eigenvalue weighted by atomic mass is 16.6. The fraction of sp³-hybridized carbons (Fsp3) is 0.500. The number of esters is 1. The number of hydrogen-bond acceptors (Lipinski definition) is 5. The molecule has 0 spiro atoms. The van der Waals surface area contributed by atoms with Gasteiger partial charge >= 0.3 is 12.1 Å². The molecule has 1 aromatic carbocycles. The minimum absolute atomic E-state index is 0.131. The van der Waals surface area contributed by atoms with Gasteiger partial charge in [0.1, 0.15) is 24.3 Å². The summed E-state index contributed by atoms with van der Waals surface area (Å²) in [6, 6.07) is 7.55. The Morgan fingerprint density at radius 2 is 1.60 bits per heavy atom. The third-order valence-corrected chi connectivity index (χ3v) is 3.06. The van der Waals surface area contributed by atoms with Gasteiger partial charge in [-0.3, -0.25) is 4.79 Å². The van der Waals surface area contributed by atoms with E-state index in [9.17, 15) is 14.4 Å². The van der Waals surface area contributed by atoms with Gasteiger partial charge in [-0.1, -0.05) is 30.3 Å². The number of rotatable bonds is 6. The summed E-state index contributed by atoms with van der Waals surface area (Å²) in [5.41, 5.74) is 0.198. The highest BCUT2D eigenvalue weighted by Crippen LogP contribution is 2.07. The molecule has 0 aromatic heterocycles. The van der Waals surface area contributed by atoms with Crippen molar-refractivity contribution in [2.75, 3.05) is 0 Å². The number of ether oxygens (including phenoxy) is 2. The number of amides is 2. The van der Waals surface area contributed by atoms with E-state index in [1.165, 1.54) is 13.8 Å². The lowest BCUT2D eigenvalue weighted by atomic mass is 10.2. The van der Waals surface area contributed by atoms with Crippen molar-refractivity contribution >= 4 is 18.0 Å². The van der Waals surface area contributed by atoms with Crippen molar-refractivity contribution in [3.8, 4) is 0 Å². The van der Waals surface area contributed by atoms with Gasteiger partial charge in [-0.15, -0.1) is 0 Å². The topological polar surface area (TPSA) is 93.7 Å². The van der Waals surface area contributed by atoms with Crippen molar-refractivity contribution in [3.05, 3.63) is 35.9 Å². The zero-order valence-corrected chi connectivity index (χ0v) is 15.3. The van der Waals surface area contributed by atoms with E-state index in [0.29, 0.717) is 0 Å². The van der Waals surface area contributed by atoms with Crippen LogP contribution in [0.3, 0.4) is 0 Å². The van der Waals surface area contributed by atoms with Crippen molar-refractivity contribution in [1.82, 2.24) is 10.6 Å². The summed E-state index contributed by atoms with van der Waals surface area (Å²) >= 11 is 0. The van der Waals surface area contributed by atoms with Crippen molar-refractivity contribution < 1.29 is 23.9 Å². The highest BCUT2D eigenvalue weighted by molar-refractivity contribution is 5.89. The maximum atomic E-state index is 12.0. The van der Waals surface area contributed by atoms with Crippen LogP contribution in [0.25, 0.3) is 0 Å². The summed E-state index contributed by atoms with van der Waals surface area (Å²) in [6.45, 7) is 8.32. The van der Waals surface area contributed by atoms with Crippen LogP contribution in [0, 0.1) is 0 Å². The van der Waals surface area contributed by atoms with Crippen molar-refractivity contribution in [2.45, 2.75) is 58.9 Å². The molecule has 0 radical (unpaired) electrons. The molecule has 7 heteroatoms. The summed E-state index contributed by atoms with van der Waals surface area (Å²) in [6.07, 6.45) is -0.700. The zero-order chi connectivity index (χ0) is 19.0. The fourth-order valence-corrected chi connectivity index (χ4v) is 1.80. The molecule has 2 amide bonds. The fourth-order valence-electron chi connectivity index (χ4n) is 1.80. The van der Waals surface area contributed by atoms with E-state index in [-0.39, 0.29) is 6.61 Å². The number of alkyl carbamates (subject to hydrolysis) is 1. The minimum atomic E-state index is -0.848. The molecular formula is C18H26N2O5. The van der Waals surface area contributed by atoms with Gasteiger partial charge in [0.05, 0.1) is 0 Å². The molecule has 25 heavy (non-hydrogen) atoms. The second kappa shape index (κ2) is 9.05. The number of nitrogens with one attached hydrogen (secondary N) is 2. The first-order valence-electron chi connectivity index (χ1n) is 8.09. The molecule has 7 nitrogen and oxygen atoms in total. The first-order valence-corrected chi connectivity index (χ1v) is 8.09. The van der Waals surface area contributed by atoms with Crippen LogP contribution < -0.4 is 10.6 Å². The molecule has 0 saturated heterocycles. The maximum Gasteiger partial charge on any atom is 0.408 e. The van der Waals surface area contributed by atoms with Crippen LogP contribution in [0.5, 0.6) is 0 Å². The van der Waals surface area contributed by atoms with Crippen molar-refractivity contribution in [1.29, 1.82) is 0 Å². The summed E-state index contributed by atoms with van der Waals surface area (Å²) in [7, 11) is 0. The van der Waals surface area contributed by atoms with E-state index >= 15 is 0 Å². The first-order chi connectivity index (χ1) is 11.6. The molecule has 0 saturated carbocycles. The Bertz CT molecular complexity index is 595. The van der Waals surface area contributed by atoms with Crippen molar-refractivity contribution in [3.63, 3.8) is 0 Å². The van der Waals surface area contributed by atoms with Crippen LogP contribution in [0.4, 0.5) is 4.79 Å². The summed E-state index contributed by atoms with van der Waals surface area (Å²) in [5.74, 6) is -1.06. The zero-order valence-electron chi connectivity index (χ0n) is 15.3. The number of hydrogen-bond donors (Lipinski definition) is 2. The first kappa shape index (κ1) is 20.5. The molecule has 138 valence electrons. The van der Waals surface area contributed by atoms with E-state index in [1.807, 2.05) is 30.3 Å². The molecule has 0 aliphatic carbocycles.